The molecule has 0 unspecified atom stereocenters. The van der Waals surface area contributed by atoms with Crippen LogP contribution in [0.4, 0.5) is 0 Å². The Labute approximate surface area is 381 Å². The average molecular weight is 839 g/mol. The number of hydrogen-bond donors (Lipinski definition) is 0. The summed E-state index contributed by atoms with van der Waals surface area (Å²) in [5.74, 6) is 1.78. The highest BCUT2D eigenvalue weighted by Crippen LogP contribution is 2.66. The number of aromatic nitrogens is 4. The van der Waals surface area contributed by atoms with Gasteiger partial charge in [-0.05, 0) is 96.2 Å². The maximum atomic E-state index is 5.64. The largest absolute Gasteiger partial charge is 0.277 e. The molecule has 14 rings (SSSR count). The predicted octanol–water partition coefficient (Wildman–Crippen LogP) is 15.1. The minimum Gasteiger partial charge on any atom is -0.277 e. The summed E-state index contributed by atoms with van der Waals surface area (Å²) >= 11 is 0. The van der Waals surface area contributed by atoms with Crippen LogP contribution in [0.5, 0.6) is 0 Å². The fourth-order valence-electron chi connectivity index (χ4n) is 11.4. The summed E-state index contributed by atoms with van der Waals surface area (Å²) in [7, 11) is 0. The molecule has 12 aromatic rings. The molecule has 0 amide bonds. The van der Waals surface area contributed by atoms with E-state index >= 15 is 0 Å². The van der Waals surface area contributed by atoms with E-state index in [-0.39, 0.29) is 0 Å². The molecule has 0 bridgehead atoms. The van der Waals surface area contributed by atoms with E-state index in [1.54, 1.807) is 0 Å². The molecule has 2 aliphatic rings. The summed E-state index contributed by atoms with van der Waals surface area (Å²) in [4.78, 5) is 16.5. The van der Waals surface area contributed by atoms with Crippen molar-refractivity contribution in [3.8, 4) is 73.2 Å². The number of hydrogen-bond acceptors (Lipinski definition) is 3. The van der Waals surface area contributed by atoms with Crippen LogP contribution in [-0.4, -0.2) is 19.5 Å². The highest BCUT2D eigenvalue weighted by molar-refractivity contribution is 6.27. The van der Waals surface area contributed by atoms with Gasteiger partial charge in [0.15, 0.2) is 11.6 Å². The number of fused-ring (bicyclic) bond motifs is 17. The van der Waals surface area contributed by atoms with Gasteiger partial charge < -0.3 is 0 Å². The lowest BCUT2D eigenvalue weighted by Gasteiger charge is -2.31. The minimum absolute atomic E-state index is 0.569. The van der Waals surface area contributed by atoms with Gasteiger partial charge in [0, 0.05) is 27.5 Å². The third-order valence-electron chi connectivity index (χ3n) is 14.0. The molecule has 4 heteroatoms. The second-order valence-corrected chi connectivity index (χ2v) is 17.4. The summed E-state index contributed by atoms with van der Waals surface area (Å²) < 4.78 is 2.36. The normalized spacial score (nSPS) is 13.0. The average Bonchev–Trinajstić information content (AvgIpc) is 4.02. The van der Waals surface area contributed by atoms with Gasteiger partial charge in [0.05, 0.1) is 16.4 Å². The van der Waals surface area contributed by atoms with Crippen LogP contribution in [-0.2, 0) is 5.41 Å². The molecule has 10 aromatic carbocycles. The van der Waals surface area contributed by atoms with E-state index in [1.807, 2.05) is 6.07 Å². The Kier molecular flexibility index (Phi) is 7.87. The highest BCUT2D eigenvalue weighted by Gasteiger charge is 2.53. The Morgan fingerprint density at radius 2 is 0.773 bits per heavy atom. The molecule has 2 aromatic heterocycles. The second-order valence-electron chi connectivity index (χ2n) is 17.4. The van der Waals surface area contributed by atoms with Gasteiger partial charge in [-0.3, -0.25) is 4.57 Å². The first-order valence-corrected chi connectivity index (χ1v) is 22.6. The van der Waals surface area contributed by atoms with Crippen molar-refractivity contribution in [2.75, 3.05) is 0 Å². The number of benzene rings is 10. The number of nitrogens with zero attached hydrogens (tertiary/aromatic N) is 4. The van der Waals surface area contributed by atoms with Crippen molar-refractivity contribution in [3.05, 3.63) is 253 Å². The molecular formula is C62H38N4. The maximum Gasteiger partial charge on any atom is 0.238 e. The summed E-state index contributed by atoms with van der Waals surface area (Å²) in [6, 6.07) is 83.2. The van der Waals surface area contributed by atoms with Gasteiger partial charge in [-0.25, -0.2) is 4.98 Å². The van der Waals surface area contributed by atoms with Crippen molar-refractivity contribution in [2.45, 2.75) is 5.41 Å². The lowest BCUT2D eigenvalue weighted by Crippen LogP contribution is -2.26. The predicted molar refractivity (Wildman–Crippen MR) is 270 cm³/mol. The number of rotatable bonds is 5. The summed E-state index contributed by atoms with van der Waals surface area (Å²) in [5, 5.41) is 4.78. The molecule has 0 saturated carbocycles. The lowest BCUT2D eigenvalue weighted by molar-refractivity contribution is 0.795. The molecule has 0 radical (unpaired) electrons. The zero-order valence-electron chi connectivity index (χ0n) is 35.7. The molecule has 306 valence electrons. The smallest absolute Gasteiger partial charge is 0.238 e. The standard InChI is InChI=1S/C62H38N4/c1-4-20-39(21-5-1)42-36-43(40-22-6-2-7-23-40)38-44(37-42)60-63-59(41-24-8-3-9-25-41)64-61(65-60)66-54-35-19-15-31-50(54)56-48-29-11-10-28-47(48)55-49-30-14-18-34-53(49)62(57(55)58(56)66)51-32-16-12-26-45(51)46-27-13-17-33-52(46)62/h1-38H. The van der Waals surface area contributed by atoms with E-state index in [9.17, 15) is 0 Å². The third kappa shape index (κ3) is 5.12. The topological polar surface area (TPSA) is 43.6 Å². The van der Waals surface area contributed by atoms with Crippen LogP contribution in [0.25, 0.3) is 106 Å². The van der Waals surface area contributed by atoms with Crippen LogP contribution in [0.3, 0.4) is 0 Å². The fourth-order valence-corrected chi connectivity index (χ4v) is 11.4. The van der Waals surface area contributed by atoms with Gasteiger partial charge in [0.1, 0.15) is 0 Å². The number of para-hydroxylation sites is 1. The molecule has 2 aliphatic carbocycles. The molecule has 4 nitrogen and oxygen atoms in total. The van der Waals surface area contributed by atoms with Crippen molar-refractivity contribution in [1.82, 2.24) is 19.5 Å². The van der Waals surface area contributed by atoms with Crippen LogP contribution in [0, 0.1) is 0 Å². The Bertz CT molecular complexity index is 3820. The van der Waals surface area contributed by atoms with Crippen LogP contribution < -0.4 is 0 Å². The highest BCUT2D eigenvalue weighted by atomic mass is 15.2. The van der Waals surface area contributed by atoms with E-state index in [0.29, 0.717) is 17.6 Å². The zero-order valence-corrected chi connectivity index (χ0v) is 35.7. The molecule has 0 atom stereocenters. The Morgan fingerprint density at radius 3 is 1.38 bits per heavy atom. The maximum absolute atomic E-state index is 5.64. The Hall–Kier alpha value is -8.73. The van der Waals surface area contributed by atoms with Crippen LogP contribution in [0.1, 0.15) is 22.3 Å². The summed E-state index contributed by atoms with van der Waals surface area (Å²) in [6.45, 7) is 0. The van der Waals surface area contributed by atoms with Crippen LogP contribution in [0.15, 0.2) is 231 Å². The molecular weight excluding hydrogens is 801 g/mol. The summed E-state index contributed by atoms with van der Waals surface area (Å²) in [5.41, 5.74) is 17.9. The van der Waals surface area contributed by atoms with Gasteiger partial charge in [0.25, 0.3) is 0 Å². The van der Waals surface area contributed by atoms with Crippen molar-refractivity contribution in [2.24, 2.45) is 0 Å². The van der Waals surface area contributed by atoms with Crippen LogP contribution in [0.2, 0.25) is 0 Å². The minimum atomic E-state index is -0.625. The van der Waals surface area contributed by atoms with E-state index in [1.165, 1.54) is 60.7 Å². The molecule has 0 saturated heterocycles. The SMILES string of the molecule is c1ccc(-c2cc(-c3ccccc3)cc(-c3nc(-c4ccccc4)nc(-n4c5ccccc5c5c6ccccc6c6c(c54)C4(c5ccccc5-c5ccccc54)c4ccccc4-6)n3)c2)cc1. The first-order chi connectivity index (χ1) is 32.8. The Balaban J connectivity index is 1.16. The monoisotopic (exact) mass is 838 g/mol. The van der Waals surface area contributed by atoms with Gasteiger partial charge in [-0.1, -0.05) is 206 Å². The van der Waals surface area contributed by atoms with Gasteiger partial charge >= 0.3 is 0 Å². The quantitative estimate of drug-likeness (QED) is 0.173. The zero-order chi connectivity index (χ0) is 43.3. The molecule has 0 fully saturated rings. The second kappa shape index (κ2) is 14.1. The van der Waals surface area contributed by atoms with E-state index in [4.69, 9.17) is 15.0 Å². The lowest BCUT2D eigenvalue weighted by atomic mass is 9.70. The van der Waals surface area contributed by atoms with Crippen molar-refractivity contribution in [1.29, 1.82) is 0 Å². The molecule has 0 aliphatic heterocycles. The van der Waals surface area contributed by atoms with Crippen LogP contribution >= 0.6 is 0 Å². The van der Waals surface area contributed by atoms with E-state index in [0.717, 1.165) is 49.8 Å². The molecule has 2 heterocycles. The van der Waals surface area contributed by atoms with Crippen molar-refractivity contribution >= 4 is 32.6 Å². The van der Waals surface area contributed by atoms with Crippen molar-refractivity contribution in [3.63, 3.8) is 0 Å². The molecule has 66 heavy (non-hydrogen) atoms. The van der Waals surface area contributed by atoms with Crippen molar-refractivity contribution < 1.29 is 0 Å². The van der Waals surface area contributed by atoms with Gasteiger partial charge in [-0.2, -0.15) is 9.97 Å². The molecule has 1 spiro atoms. The molecule has 0 N–H and O–H groups in total. The first kappa shape index (κ1) is 36.7. The van der Waals surface area contributed by atoms with Gasteiger partial charge in [0.2, 0.25) is 5.95 Å². The fraction of sp³-hybridized carbons (Fsp3) is 0.0161. The third-order valence-corrected chi connectivity index (χ3v) is 14.0. The Morgan fingerprint density at radius 1 is 0.333 bits per heavy atom. The summed E-state index contributed by atoms with van der Waals surface area (Å²) in [6.07, 6.45) is 0. The first-order valence-electron chi connectivity index (χ1n) is 22.6. The van der Waals surface area contributed by atoms with E-state index < -0.39 is 5.41 Å². The van der Waals surface area contributed by atoms with Gasteiger partial charge in [-0.15, -0.1) is 0 Å². The van der Waals surface area contributed by atoms with E-state index in [2.05, 4.69) is 229 Å².